The van der Waals surface area contributed by atoms with Crippen LogP contribution in [0.4, 0.5) is 5.82 Å². The molecule has 1 N–H and O–H groups in total. The van der Waals surface area contributed by atoms with Gasteiger partial charge in [-0.2, -0.15) is 0 Å². The summed E-state index contributed by atoms with van der Waals surface area (Å²) in [4.78, 5) is 32.6. The number of amides is 1. The molecule has 0 saturated heterocycles. The Labute approximate surface area is 112 Å². The van der Waals surface area contributed by atoms with E-state index in [0.717, 1.165) is 6.42 Å². The lowest BCUT2D eigenvalue weighted by Gasteiger charge is -2.19. The Morgan fingerprint density at radius 3 is 2.84 bits per heavy atom. The van der Waals surface area contributed by atoms with Gasteiger partial charge in [-0.1, -0.05) is 6.92 Å². The Balaban J connectivity index is 2.79. The molecule has 0 aliphatic carbocycles. The van der Waals surface area contributed by atoms with Crippen LogP contribution in [0.2, 0.25) is 0 Å². The molecule has 0 saturated carbocycles. The zero-order chi connectivity index (χ0) is 14.3. The van der Waals surface area contributed by atoms with Gasteiger partial charge in [-0.05, 0) is 6.42 Å². The fourth-order valence-electron chi connectivity index (χ4n) is 1.49. The number of carbonyl (C=O) groups excluding carboxylic acids is 2. The van der Waals surface area contributed by atoms with Crippen molar-refractivity contribution in [2.75, 3.05) is 32.1 Å². The maximum atomic E-state index is 11.6. The number of likely N-dealkylation sites (N-methyl/N-ethyl adjacent to an activating group) is 1. The van der Waals surface area contributed by atoms with E-state index in [1.54, 1.807) is 11.9 Å². The van der Waals surface area contributed by atoms with Gasteiger partial charge >= 0.3 is 5.97 Å². The van der Waals surface area contributed by atoms with Gasteiger partial charge in [0, 0.05) is 19.8 Å². The fraction of sp³-hybridized carbons (Fsp3) is 0.500. The van der Waals surface area contributed by atoms with Gasteiger partial charge in [0.15, 0.2) is 0 Å². The number of nitrogens with zero attached hydrogens (tertiary/aromatic N) is 3. The monoisotopic (exact) mass is 266 g/mol. The molecule has 0 aliphatic heterocycles. The van der Waals surface area contributed by atoms with E-state index in [1.807, 2.05) is 6.92 Å². The zero-order valence-corrected chi connectivity index (χ0v) is 11.3. The number of methoxy groups -OCH3 is 1. The number of hydrogen-bond acceptors (Lipinski definition) is 6. The van der Waals surface area contributed by atoms with Gasteiger partial charge in [-0.3, -0.25) is 4.79 Å². The summed E-state index contributed by atoms with van der Waals surface area (Å²) in [6.45, 7) is 2.71. The summed E-state index contributed by atoms with van der Waals surface area (Å²) in [5, 5.41) is 2.76. The molecule has 0 fully saturated rings. The molecule has 0 aliphatic rings. The highest BCUT2D eigenvalue weighted by Gasteiger charge is 2.18. The van der Waals surface area contributed by atoms with Crippen molar-refractivity contribution in [1.82, 2.24) is 15.3 Å². The third kappa shape index (κ3) is 4.20. The van der Waals surface area contributed by atoms with Crippen LogP contribution >= 0.6 is 0 Å². The SMILES string of the molecule is CCCNC(=O)CN(C)c1ncncc1C(=O)OC. The maximum absolute atomic E-state index is 11.6. The summed E-state index contributed by atoms with van der Waals surface area (Å²) in [6, 6.07) is 0. The Bertz CT molecular complexity index is 450. The molecule has 0 radical (unpaired) electrons. The van der Waals surface area contributed by atoms with Crippen LogP contribution in [-0.2, 0) is 9.53 Å². The van der Waals surface area contributed by atoms with Crippen molar-refractivity contribution in [1.29, 1.82) is 0 Å². The van der Waals surface area contributed by atoms with Crippen LogP contribution in [0.25, 0.3) is 0 Å². The van der Waals surface area contributed by atoms with Crippen molar-refractivity contribution < 1.29 is 14.3 Å². The molecule has 0 atom stereocenters. The smallest absolute Gasteiger partial charge is 0.343 e. The second kappa shape index (κ2) is 7.30. The van der Waals surface area contributed by atoms with E-state index < -0.39 is 5.97 Å². The van der Waals surface area contributed by atoms with Crippen molar-refractivity contribution in [3.63, 3.8) is 0 Å². The molecule has 1 aromatic rings. The van der Waals surface area contributed by atoms with Crippen LogP contribution in [0.5, 0.6) is 0 Å². The normalized spacial score (nSPS) is 9.84. The first kappa shape index (κ1) is 14.9. The van der Waals surface area contributed by atoms with Crippen LogP contribution in [0.15, 0.2) is 12.5 Å². The van der Waals surface area contributed by atoms with Gasteiger partial charge in [0.05, 0.1) is 13.7 Å². The maximum Gasteiger partial charge on any atom is 0.343 e. The molecule has 0 unspecified atom stereocenters. The molecule has 1 amide bonds. The first-order valence-corrected chi connectivity index (χ1v) is 5.96. The second-order valence-corrected chi connectivity index (χ2v) is 3.96. The van der Waals surface area contributed by atoms with Gasteiger partial charge in [-0.25, -0.2) is 14.8 Å². The van der Waals surface area contributed by atoms with E-state index >= 15 is 0 Å². The van der Waals surface area contributed by atoms with E-state index in [4.69, 9.17) is 0 Å². The molecule has 7 heteroatoms. The van der Waals surface area contributed by atoms with E-state index in [0.29, 0.717) is 12.4 Å². The van der Waals surface area contributed by atoms with Crippen LogP contribution in [0, 0.1) is 0 Å². The number of aromatic nitrogens is 2. The molecule has 0 bridgehead atoms. The highest BCUT2D eigenvalue weighted by atomic mass is 16.5. The first-order valence-electron chi connectivity index (χ1n) is 5.96. The second-order valence-electron chi connectivity index (χ2n) is 3.96. The summed E-state index contributed by atoms with van der Waals surface area (Å²) >= 11 is 0. The number of hydrogen-bond donors (Lipinski definition) is 1. The number of nitrogens with one attached hydrogen (secondary N) is 1. The summed E-state index contributed by atoms with van der Waals surface area (Å²) in [7, 11) is 2.97. The van der Waals surface area contributed by atoms with Gasteiger partial charge in [0.2, 0.25) is 5.91 Å². The van der Waals surface area contributed by atoms with Gasteiger partial charge < -0.3 is 15.0 Å². The van der Waals surface area contributed by atoms with Crippen LogP contribution in [0.1, 0.15) is 23.7 Å². The largest absolute Gasteiger partial charge is 0.465 e. The van der Waals surface area contributed by atoms with Crippen LogP contribution in [0.3, 0.4) is 0 Å². The molecule has 1 aromatic heterocycles. The van der Waals surface area contributed by atoms with Crippen LogP contribution in [-0.4, -0.2) is 49.1 Å². The van der Waals surface area contributed by atoms with Crippen molar-refractivity contribution in [3.05, 3.63) is 18.1 Å². The highest BCUT2D eigenvalue weighted by molar-refractivity contribution is 5.95. The molecule has 0 spiro atoms. The molecule has 104 valence electrons. The quantitative estimate of drug-likeness (QED) is 0.742. The molecular weight excluding hydrogens is 248 g/mol. The average Bonchev–Trinajstić information content (AvgIpc) is 2.44. The summed E-state index contributed by atoms with van der Waals surface area (Å²) < 4.78 is 4.65. The number of anilines is 1. The zero-order valence-electron chi connectivity index (χ0n) is 11.3. The summed E-state index contributed by atoms with van der Waals surface area (Å²) in [6.07, 6.45) is 3.56. The van der Waals surface area contributed by atoms with E-state index in [-0.39, 0.29) is 18.0 Å². The molecule has 1 rings (SSSR count). The minimum Gasteiger partial charge on any atom is -0.465 e. The van der Waals surface area contributed by atoms with Crippen molar-refractivity contribution >= 4 is 17.7 Å². The Morgan fingerprint density at radius 1 is 1.47 bits per heavy atom. The number of esters is 1. The number of rotatable bonds is 6. The van der Waals surface area contributed by atoms with Crippen molar-refractivity contribution in [2.24, 2.45) is 0 Å². The topological polar surface area (TPSA) is 84.4 Å². The number of carbonyl (C=O) groups is 2. The third-order valence-electron chi connectivity index (χ3n) is 2.41. The summed E-state index contributed by atoms with van der Waals surface area (Å²) in [5.74, 6) is -0.288. The van der Waals surface area contributed by atoms with Crippen LogP contribution < -0.4 is 10.2 Å². The minimum atomic E-state index is -0.531. The molecule has 0 aromatic carbocycles. The third-order valence-corrected chi connectivity index (χ3v) is 2.41. The van der Waals surface area contributed by atoms with E-state index in [2.05, 4.69) is 20.0 Å². The fourth-order valence-corrected chi connectivity index (χ4v) is 1.49. The minimum absolute atomic E-state index is 0.112. The predicted octanol–water partition coefficient (Wildman–Crippen LogP) is 0.226. The predicted molar refractivity (Wildman–Crippen MR) is 69.9 cm³/mol. The number of ether oxygens (including phenoxy) is 1. The molecule has 19 heavy (non-hydrogen) atoms. The lowest BCUT2D eigenvalue weighted by Crippen LogP contribution is -2.36. The van der Waals surface area contributed by atoms with E-state index in [9.17, 15) is 9.59 Å². The van der Waals surface area contributed by atoms with Gasteiger partial charge in [0.25, 0.3) is 0 Å². The molecule has 7 nitrogen and oxygen atoms in total. The highest BCUT2D eigenvalue weighted by Crippen LogP contribution is 2.15. The summed E-state index contributed by atoms with van der Waals surface area (Å²) in [5.41, 5.74) is 0.232. The Kier molecular flexibility index (Phi) is 5.72. The molecule has 1 heterocycles. The lowest BCUT2D eigenvalue weighted by atomic mass is 10.3. The van der Waals surface area contributed by atoms with Crippen molar-refractivity contribution in [3.8, 4) is 0 Å². The Morgan fingerprint density at radius 2 is 2.21 bits per heavy atom. The van der Waals surface area contributed by atoms with E-state index in [1.165, 1.54) is 19.6 Å². The first-order chi connectivity index (χ1) is 9.10. The van der Waals surface area contributed by atoms with Gasteiger partial charge in [0.1, 0.15) is 17.7 Å². The molecular formula is C12H18N4O3. The lowest BCUT2D eigenvalue weighted by molar-refractivity contribution is -0.119. The standard InChI is InChI=1S/C12H18N4O3/c1-4-5-14-10(17)7-16(2)11-9(12(18)19-3)6-13-8-15-11/h6,8H,4-5,7H2,1-3H3,(H,14,17). The van der Waals surface area contributed by atoms with Gasteiger partial charge in [-0.15, -0.1) is 0 Å². The Hall–Kier alpha value is -2.18. The average molecular weight is 266 g/mol. The van der Waals surface area contributed by atoms with Crippen molar-refractivity contribution in [2.45, 2.75) is 13.3 Å².